The maximum atomic E-state index is 11.7. The lowest BCUT2D eigenvalue weighted by molar-refractivity contribution is -0.140. The fraction of sp³-hybridized carbons (Fsp3) is 0.727. The number of rotatable bonds is 7. The second-order valence-corrected chi connectivity index (χ2v) is 3.94. The van der Waals surface area contributed by atoms with Crippen molar-refractivity contribution in [3.8, 4) is 0 Å². The second-order valence-electron chi connectivity index (χ2n) is 3.94. The molecule has 0 aliphatic heterocycles. The number of hydrogen-bond acceptors (Lipinski definition) is 3. The van der Waals surface area contributed by atoms with Gasteiger partial charge in [0.25, 0.3) is 0 Å². The van der Waals surface area contributed by atoms with Gasteiger partial charge >= 0.3 is 5.97 Å². The average molecular weight is 244 g/mol. The van der Waals surface area contributed by atoms with Gasteiger partial charge in [0.15, 0.2) is 0 Å². The van der Waals surface area contributed by atoms with Crippen LogP contribution >= 0.6 is 0 Å². The maximum absolute atomic E-state index is 11.7. The lowest BCUT2D eigenvalue weighted by Gasteiger charge is -2.22. The van der Waals surface area contributed by atoms with E-state index in [9.17, 15) is 14.4 Å². The van der Waals surface area contributed by atoms with Crippen LogP contribution in [0, 0.1) is 0 Å². The molecular weight excluding hydrogens is 224 g/mol. The lowest BCUT2D eigenvalue weighted by Crippen LogP contribution is -2.40. The molecule has 0 aliphatic carbocycles. The van der Waals surface area contributed by atoms with Crippen molar-refractivity contribution >= 4 is 17.8 Å². The zero-order valence-corrected chi connectivity index (χ0v) is 10.6. The van der Waals surface area contributed by atoms with Crippen LogP contribution in [0.15, 0.2) is 0 Å². The molecule has 0 saturated carbocycles. The number of carboxylic acid groups (broad SMARTS) is 1. The summed E-state index contributed by atoms with van der Waals surface area (Å²) in [6.07, 6.45) is 0.451. The first-order chi connectivity index (χ1) is 7.88. The van der Waals surface area contributed by atoms with E-state index in [1.165, 1.54) is 9.80 Å². The molecule has 0 spiro atoms. The van der Waals surface area contributed by atoms with Gasteiger partial charge in [0, 0.05) is 33.5 Å². The van der Waals surface area contributed by atoms with Crippen molar-refractivity contribution in [3.05, 3.63) is 0 Å². The zero-order chi connectivity index (χ0) is 13.4. The van der Waals surface area contributed by atoms with E-state index >= 15 is 0 Å². The van der Waals surface area contributed by atoms with Gasteiger partial charge in [0.05, 0.1) is 6.54 Å². The van der Waals surface area contributed by atoms with Crippen LogP contribution in [0.1, 0.15) is 26.2 Å². The Morgan fingerprint density at radius 2 is 1.65 bits per heavy atom. The Morgan fingerprint density at radius 3 is 2.06 bits per heavy atom. The third-order valence-corrected chi connectivity index (χ3v) is 2.34. The third-order valence-electron chi connectivity index (χ3n) is 2.34. The van der Waals surface area contributed by atoms with Crippen molar-refractivity contribution < 1.29 is 19.5 Å². The summed E-state index contributed by atoms with van der Waals surface area (Å²) in [5, 5.41) is 8.45. The second kappa shape index (κ2) is 7.65. The van der Waals surface area contributed by atoms with Crippen LogP contribution < -0.4 is 0 Å². The smallest absolute Gasteiger partial charge is 0.303 e. The first kappa shape index (κ1) is 15.4. The molecule has 0 aliphatic rings. The molecule has 0 bridgehead atoms. The van der Waals surface area contributed by atoms with Gasteiger partial charge in [-0.1, -0.05) is 0 Å². The quantitative estimate of drug-likeness (QED) is 0.693. The Kier molecular flexibility index (Phi) is 6.93. The Morgan fingerprint density at radius 1 is 1.06 bits per heavy atom. The minimum Gasteiger partial charge on any atom is -0.481 e. The van der Waals surface area contributed by atoms with Crippen LogP contribution in [-0.2, 0) is 14.4 Å². The number of nitrogens with zero attached hydrogens (tertiary/aromatic N) is 2. The molecular formula is C11H20N2O4. The van der Waals surface area contributed by atoms with Crippen LogP contribution in [-0.4, -0.2) is 59.9 Å². The normalized spacial score (nSPS) is 9.82. The number of carbonyl (C=O) groups excluding carboxylic acids is 2. The molecule has 0 aromatic heterocycles. The number of hydrogen-bond donors (Lipinski definition) is 1. The summed E-state index contributed by atoms with van der Waals surface area (Å²) >= 11 is 0. The molecule has 0 fully saturated rings. The molecule has 17 heavy (non-hydrogen) atoms. The molecule has 0 aromatic carbocycles. The summed E-state index contributed by atoms with van der Waals surface area (Å²) < 4.78 is 0. The van der Waals surface area contributed by atoms with Crippen LogP contribution in [0.4, 0.5) is 0 Å². The molecule has 6 heteroatoms. The van der Waals surface area contributed by atoms with Gasteiger partial charge in [0.2, 0.25) is 11.8 Å². The summed E-state index contributed by atoms with van der Waals surface area (Å²) in [7, 11) is 3.26. The van der Waals surface area contributed by atoms with Gasteiger partial charge < -0.3 is 14.9 Å². The molecule has 0 radical (unpaired) electrons. The summed E-state index contributed by atoms with van der Waals surface area (Å²) in [6, 6.07) is 0. The Labute approximate surface area is 101 Å². The van der Waals surface area contributed by atoms with Gasteiger partial charge in [-0.3, -0.25) is 14.4 Å². The minimum atomic E-state index is -0.912. The number of likely N-dealkylation sites (N-methyl/N-ethyl adjacent to an activating group) is 2. The average Bonchev–Trinajstić information content (AvgIpc) is 2.24. The van der Waals surface area contributed by atoms with E-state index < -0.39 is 5.97 Å². The third kappa shape index (κ3) is 6.55. The van der Waals surface area contributed by atoms with Crippen molar-refractivity contribution in [2.45, 2.75) is 26.2 Å². The largest absolute Gasteiger partial charge is 0.481 e. The number of carboxylic acids is 1. The molecule has 2 amide bonds. The molecule has 6 nitrogen and oxygen atoms in total. The molecule has 0 heterocycles. The monoisotopic (exact) mass is 244 g/mol. The van der Waals surface area contributed by atoms with E-state index in [4.69, 9.17) is 5.11 Å². The van der Waals surface area contributed by atoms with E-state index in [1.54, 1.807) is 21.0 Å². The van der Waals surface area contributed by atoms with Crippen LogP contribution in [0.3, 0.4) is 0 Å². The van der Waals surface area contributed by atoms with Crippen LogP contribution in [0.2, 0.25) is 0 Å². The topological polar surface area (TPSA) is 77.9 Å². The van der Waals surface area contributed by atoms with Crippen LogP contribution in [0.5, 0.6) is 0 Å². The first-order valence-electron chi connectivity index (χ1n) is 5.58. The fourth-order valence-electron chi connectivity index (χ4n) is 1.23. The number of amides is 2. The molecule has 0 unspecified atom stereocenters. The predicted molar refractivity (Wildman–Crippen MR) is 62.4 cm³/mol. The minimum absolute atomic E-state index is 0.0229. The highest BCUT2D eigenvalue weighted by Crippen LogP contribution is 2.01. The zero-order valence-electron chi connectivity index (χ0n) is 10.6. The van der Waals surface area contributed by atoms with Crippen molar-refractivity contribution in [1.29, 1.82) is 0 Å². The van der Waals surface area contributed by atoms with E-state index in [0.29, 0.717) is 13.0 Å². The molecule has 0 rings (SSSR count). The van der Waals surface area contributed by atoms with Gasteiger partial charge in [-0.15, -0.1) is 0 Å². The van der Waals surface area contributed by atoms with E-state index in [0.717, 1.165) is 0 Å². The molecule has 98 valence electrons. The van der Waals surface area contributed by atoms with Crippen molar-refractivity contribution in [3.63, 3.8) is 0 Å². The number of aliphatic carboxylic acids is 1. The summed E-state index contributed by atoms with van der Waals surface area (Å²) in [5.74, 6) is -1.23. The van der Waals surface area contributed by atoms with Gasteiger partial charge in [-0.25, -0.2) is 0 Å². The number of carbonyl (C=O) groups is 3. The molecule has 0 aromatic rings. The van der Waals surface area contributed by atoms with E-state index in [-0.39, 0.29) is 31.2 Å². The standard InChI is InChI=1S/C11H20N2O4/c1-4-13(8-10(15)12(2)3)9(14)6-5-7-11(16)17/h4-8H2,1-3H3,(H,16,17). The summed E-state index contributed by atoms with van der Waals surface area (Å²) in [5.41, 5.74) is 0. The highest BCUT2D eigenvalue weighted by molar-refractivity contribution is 5.84. The molecule has 0 atom stereocenters. The van der Waals surface area contributed by atoms with Crippen molar-refractivity contribution in [2.75, 3.05) is 27.2 Å². The highest BCUT2D eigenvalue weighted by atomic mass is 16.4. The first-order valence-corrected chi connectivity index (χ1v) is 5.58. The predicted octanol–water partition coefficient (Wildman–Crippen LogP) is 0.178. The SMILES string of the molecule is CCN(CC(=O)N(C)C)C(=O)CCCC(=O)O. The Hall–Kier alpha value is -1.59. The van der Waals surface area contributed by atoms with E-state index in [2.05, 4.69) is 0 Å². The summed E-state index contributed by atoms with van der Waals surface area (Å²) in [6.45, 7) is 2.29. The fourth-order valence-corrected chi connectivity index (χ4v) is 1.23. The van der Waals surface area contributed by atoms with Crippen molar-refractivity contribution in [2.24, 2.45) is 0 Å². The van der Waals surface area contributed by atoms with E-state index in [1.807, 2.05) is 0 Å². The van der Waals surface area contributed by atoms with Crippen LogP contribution in [0.25, 0.3) is 0 Å². The molecule has 1 N–H and O–H groups in total. The van der Waals surface area contributed by atoms with Gasteiger partial charge in [-0.05, 0) is 13.3 Å². The summed E-state index contributed by atoms with van der Waals surface area (Å²) in [4.78, 5) is 36.3. The van der Waals surface area contributed by atoms with Crippen molar-refractivity contribution in [1.82, 2.24) is 9.80 Å². The Balaban J connectivity index is 4.12. The lowest BCUT2D eigenvalue weighted by atomic mass is 10.2. The maximum Gasteiger partial charge on any atom is 0.303 e. The highest BCUT2D eigenvalue weighted by Gasteiger charge is 2.16. The molecule has 0 saturated heterocycles. The van der Waals surface area contributed by atoms with Gasteiger partial charge in [-0.2, -0.15) is 0 Å². The Bertz CT molecular complexity index is 289. The van der Waals surface area contributed by atoms with Gasteiger partial charge in [0.1, 0.15) is 0 Å².